The molecule has 1 saturated heterocycles. The highest BCUT2D eigenvalue weighted by Crippen LogP contribution is 2.26. The lowest BCUT2D eigenvalue weighted by molar-refractivity contribution is 0.0917. The third kappa shape index (κ3) is 5.95. The molecule has 2 N–H and O–H groups in total. The fourth-order valence-corrected chi connectivity index (χ4v) is 2.73. The van der Waals surface area contributed by atoms with Crippen LogP contribution in [0.25, 0.3) is 0 Å². The first-order chi connectivity index (χ1) is 11.1. The highest BCUT2D eigenvalue weighted by molar-refractivity contribution is 5.91. The molecule has 7 nitrogen and oxygen atoms in total. The van der Waals surface area contributed by atoms with Crippen molar-refractivity contribution in [1.82, 2.24) is 30.6 Å². The SMILES string of the molecule is CC1(CNC(=O)c2cn(Cc3ccccn3)nn2)CCNCC1.Cl.Cl. The molecule has 0 aromatic carbocycles. The summed E-state index contributed by atoms with van der Waals surface area (Å²) in [6.07, 6.45) is 5.54. The number of hydrogen-bond acceptors (Lipinski definition) is 5. The number of halogens is 2. The lowest BCUT2D eigenvalue weighted by Gasteiger charge is -2.33. The van der Waals surface area contributed by atoms with Gasteiger partial charge in [0, 0.05) is 12.7 Å². The average molecular weight is 387 g/mol. The molecule has 3 heterocycles. The van der Waals surface area contributed by atoms with Crippen LogP contribution in [0, 0.1) is 5.41 Å². The third-order valence-electron chi connectivity index (χ3n) is 4.31. The summed E-state index contributed by atoms with van der Waals surface area (Å²) in [6.45, 7) is 5.40. The predicted molar refractivity (Wildman–Crippen MR) is 100 cm³/mol. The molecule has 1 aliphatic rings. The van der Waals surface area contributed by atoms with E-state index in [2.05, 4.69) is 32.9 Å². The normalized spacial score (nSPS) is 15.6. The van der Waals surface area contributed by atoms with Crippen LogP contribution < -0.4 is 10.6 Å². The number of nitrogens with one attached hydrogen (secondary N) is 2. The second-order valence-electron chi connectivity index (χ2n) is 6.37. The van der Waals surface area contributed by atoms with Crippen molar-refractivity contribution in [2.24, 2.45) is 5.41 Å². The Morgan fingerprint density at radius 1 is 1.32 bits per heavy atom. The minimum absolute atomic E-state index is 0. The Bertz CT molecular complexity index is 658. The zero-order chi connectivity index (χ0) is 16.1. The van der Waals surface area contributed by atoms with Crippen LogP contribution in [0.3, 0.4) is 0 Å². The minimum atomic E-state index is -0.169. The number of piperidine rings is 1. The Morgan fingerprint density at radius 3 is 2.76 bits per heavy atom. The van der Waals surface area contributed by atoms with Gasteiger partial charge in [-0.15, -0.1) is 29.9 Å². The lowest BCUT2D eigenvalue weighted by Crippen LogP contribution is -2.43. The van der Waals surface area contributed by atoms with Gasteiger partial charge in [-0.25, -0.2) is 4.68 Å². The van der Waals surface area contributed by atoms with Gasteiger partial charge < -0.3 is 10.6 Å². The summed E-state index contributed by atoms with van der Waals surface area (Å²) >= 11 is 0. The molecule has 2 aromatic rings. The molecular formula is C16H24Cl2N6O. The predicted octanol–water partition coefficient (Wildman–Crippen LogP) is 1.68. The largest absolute Gasteiger partial charge is 0.350 e. The van der Waals surface area contributed by atoms with Gasteiger partial charge in [0.1, 0.15) is 0 Å². The molecule has 1 fully saturated rings. The number of amides is 1. The maximum atomic E-state index is 12.2. The van der Waals surface area contributed by atoms with Crippen LogP contribution in [0.4, 0.5) is 0 Å². The lowest BCUT2D eigenvalue weighted by atomic mass is 9.81. The molecule has 9 heteroatoms. The number of carbonyl (C=O) groups excluding carboxylic acids is 1. The van der Waals surface area contributed by atoms with E-state index in [4.69, 9.17) is 0 Å². The first-order valence-corrected chi connectivity index (χ1v) is 7.94. The molecule has 0 unspecified atom stereocenters. The van der Waals surface area contributed by atoms with Gasteiger partial charge in [0.2, 0.25) is 0 Å². The molecule has 25 heavy (non-hydrogen) atoms. The van der Waals surface area contributed by atoms with E-state index in [1.54, 1.807) is 17.1 Å². The minimum Gasteiger partial charge on any atom is -0.350 e. The van der Waals surface area contributed by atoms with Crippen LogP contribution in [0.5, 0.6) is 0 Å². The van der Waals surface area contributed by atoms with Gasteiger partial charge in [0.05, 0.1) is 18.4 Å². The summed E-state index contributed by atoms with van der Waals surface area (Å²) in [4.78, 5) is 16.5. The number of rotatable bonds is 5. The molecular weight excluding hydrogens is 363 g/mol. The van der Waals surface area contributed by atoms with Crippen LogP contribution in [-0.4, -0.2) is 45.5 Å². The molecule has 1 amide bonds. The highest BCUT2D eigenvalue weighted by atomic mass is 35.5. The van der Waals surface area contributed by atoms with Gasteiger partial charge >= 0.3 is 0 Å². The standard InChI is InChI=1S/C16H22N6O.2ClH/c1-16(5-8-17-9-6-16)12-19-15(23)14-11-22(21-20-14)10-13-4-2-3-7-18-13;;/h2-4,7,11,17H,5-6,8-10,12H2,1H3,(H,19,23);2*1H. The Hall–Kier alpha value is -1.70. The van der Waals surface area contributed by atoms with Crippen LogP contribution in [0.15, 0.2) is 30.6 Å². The van der Waals surface area contributed by atoms with Crippen molar-refractivity contribution in [1.29, 1.82) is 0 Å². The van der Waals surface area contributed by atoms with Crippen molar-refractivity contribution in [2.75, 3.05) is 19.6 Å². The molecule has 0 bridgehead atoms. The van der Waals surface area contributed by atoms with Crippen LogP contribution >= 0.6 is 24.8 Å². The van der Waals surface area contributed by atoms with E-state index < -0.39 is 0 Å². The molecule has 138 valence electrons. The van der Waals surface area contributed by atoms with E-state index >= 15 is 0 Å². The Balaban J connectivity index is 0.00000156. The second-order valence-corrected chi connectivity index (χ2v) is 6.37. The summed E-state index contributed by atoms with van der Waals surface area (Å²) in [5.74, 6) is -0.169. The van der Waals surface area contributed by atoms with Crippen molar-refractivity contribution < 1.29 is 4.79 Å². The van der Waals surface area contributed by atoms with Gasteiger partial charge in [-0.05, 0) is 43.5 Å². The summed E-state index contributed by atoms with van der Waals surface area (Å²) in [6, 6.07) is 5.71. The first kappa shape index (κ1) is 21.3. The van der Waals surface area contributed by atoms with E-state index in [0.29, 0.717) is 18.8 Å². The van der Waals surface area contributed by atoms with Crippen molar-refractivity contribution in [3.05, 3.63) is 42.0 Å². The molecule has 0 aliphatic carbocycles. The van der Waals surface area contributed by atoms with Crippen LogP contribution in [0.2, 0.25) is 0 Å². The van der Waals surface area contributed by atoms with E-state index in [-0.39, 0.29) is 36.1 Å². The Kier molecular flexibility index (Phi) is 8.28. The zero-order valence-corrected chi connectivity index (χ0v) is 15.8. The van der Waals surface area contributed by atoms with Gasteiger partial charge in [0.15, 0.2) is 5.69 Å². The quantitative estimate of drug-likeness (QED) is 0.816. The van der Waals surface area contributed by atoms with Gasteiger partial charge in [0.25, 0.3) is 5.91 Å². The second kappa shape index (κ2) is 9.70. The molecule has 0 atom stereocenters. The maximum absolute atomic E-state index is 12.2. The number of hydrogen-bond donors (Lipinski definition) is 2. The monoisotopic (exact) mass is 386 g/mol. The summed E-state index contributed by atoms with van der Waals surface area (Å²) < 4.78 is 1.63. The van der Waals surface area contributed by atoms with E-state index in [0.717, 1.165) is 31.6 Å². The number of aromatic nitrogens is 4. The molecule has 0 radical (unpaired) electrons. The summed E-state index contributed by atoms with van der Waals surface area (Å²) in [5.41, 5.74) is 1.38. The van der Waals surface area contributed by atoms with Crippen molar-refractivity contribution in [3.63, 3.8) is 0 Å². The van der Waals surface area contributed by atoms with Crippen molar-refractivity contribution in [2.45, 2.75) is 26.3 Å². The van der Waals surface area contributed by atoms with Crippen molar-refractivity contribution in [3.8, 4) is 0 Å². The number of pyridine rings is 1. The number of nitrogens with zero attached hydrogens (tertiary/aromatic N) is 4. The van der Waals surface area contributed by atoms with Crippen LogP contribution in [0.1, 0.15) is 35.9 Å². The molecule has 2 aromatic heterocycles. The summed E-state index contributed by atoms with van der Waals surface area (Å²) in [7, 11) is 0. The third-order valence-corrected chi connectivity index (χ3v) is 4.31. The molecule has 1 aliphatic heterocycles. The number of carbonyl (C=O) groups is 1. The van der Waals surface area contributed by atoms with Crippen LogP contribution in [-0.2, 0) is 6.54 Å². The van der Waals surface area contributed by atoms with E-state index in [1.807, 2.05) is 18.2 Å². The van der Waals surface area contributed by atoms with E-state index in [1.165, 1.54) is 0 Å². The fraction of sp³-hybridized carbons (Fsp3) is 0.500. The van der Waals surface area contributed by atoms with Crippen molar-refractivity contribution >= 4 is 30.7 Å². The smallest absolute Gasteiger partial charge is 0.273 e. The Morgan fingerprint density at radius 2 is 2.08 bits per heavy atom. The highest BCUT2D eigenvalue weighted by Gasteiger charge is 2.27. The molecule has 0 spiro atoms. The maximum Gasteiger partial charge on any atom is 0.273 e. The molecule has 3 rings (SSSR count). The first-order valence-electron chi connectivity index (χ1n) is 7.94. The molecule has 0 saturated carbocycles. The van der Waals surface area contributed by atoms with Gasteiger partial charge in [-0.1, -0.05) is 18.2 Å². The summed E-state index contributed by atoms with van der Waals surface area (Å²) in [5, 5.41) is 14.3. The van der Waals surface area contributed by atoms with Gasteiger partial charge in [-0.2, -0.15) is 0 Å². The zero-order valence-electron chi connectivity index (χ0n) is 14.1. The average Bonchev–Trinajstić information content (AvgIpc) is 3.03. The topological polar surface area (TPSA) is 84.7 Å². The van der Waals surface area contributed by atoms with Gasteiger partial charge in [-0.3, -0.25) is 9.78 Å². The fourth-order valence-electron chi connectivity index (χ4n) is 2.73. The Labute approximate surface area is 159 Å². The van der Waals surface area contributed by atoms with E-state index in [9.17, 15) is 4.79 Å².